The minimum Gasteiger partial charge on any atom is -0.379 e. The van der Waals surface area contributed by atoms with Gasteiger partial charge in [-0.05, 0) is 6.92 Å². The molecule has 3 heterocycles. The number of nitrogens with zero attached hydrogens (tertiary/aromatic N) is 5. The molecule has 1 saturated heterocycles. The normalized spacial score (nSPS) is 20.4. The van der Waals surface area contributed by atoms with E-state index in [4.69, 9.17) is 4.74 Å². The molecule has 1 aliphatic rings. The SMILES string of the molecule is CNc1nc(CN2CCOCC2C)nc2c1cnn2C. The zero-order valence-electron chi connectivity index (χ0n) is 12.1. The Morgan fingerprint density at radius 3 is 3.05 bits per heavy atom. The van der Waals surface area contributed by atoms with Gasteiger partial charge >= 0.3 is 0 Å². The zero-order valence-corrected chi connectivity index (χ0v) is 12.1. The Morgan fingerprint density at radius 2 is 2.30 bits per heavy atom. The molecule has 0 amide bonds. The van der Waals surface area contributed by atoms with Crippen LogP contribution in [0.25, 0.3) is 11.0 Å². The van der Waals surface area contributed by atoms with Gasteiger partial charge in [-0.2, -0.15) is 5.10 Å². The molecule has 7 heteroatoms. The predicted molar refractivity (Wildman–Crippen MR) is 76.5 cm³/mol. The van der Waals surface area contributed by atoms with Crippen molar-refractivity contribution in [2.24, 2.45) is 7.05 Å². The van der Waals surface area contributed by atoms with Crippen LogP contribution in [-0.2, 0) is 18.3 Å². The Labute approximate surface area is 117 Å². The van der Waals surface area contributed by atoms with Gasteiger partial charge in [0.1, 0.15) is 11.6 Å². The van der Waals surface area contributed by atoms with Gasteiger partial charge in [0.05, 0.1) is 31.3 Å². The standard InChI is InChI=1S/C13H20N6O/c1-9-8-20-5-4-19(9)7-11-16-12(14-2)10-6-15-18(3)13(10)17-11/h6,9H,4-5,7-8H2,1-3H3,(H,14,16,17). The summed E-state index contributed by atoms with van der Waals surface area (Å²) in [6.07, 6.45) is 1.79. The summed E-state index contributed by atoms with van der Waals surface area (Å²) in [5, 5.41) is 8.32. The lowest BCUT2D eigenvalue weighted by molar-refractivity contribution is -0.00544. The zero-order chi connectivity index (χ0) is 14.1. The third-order valence-corrected chi connectivity index (χ3v) is 3.72. The number of hydrogen-bond donors (Lipinski definition) is 1. The first kappa shape index (κ1) is 13.3. The van der Waals surface area contributed by atoms with Crippen molar-refractivity contribution in [1.29, 1.82) is 0 Å². The van der Waals surface area contributed by atoms with E-state index < -0.39 is 0 Å². The molecular formula is C13H20N6O. The van der Waals surface area contributed by atoms with Crippen molar-refractivity contribution in [3.05, 3.63) is 12.0 Å². The van der Waals surface area contributed by atoms with Crippen LogP contribution in [0.2, 0.25) is 0 Å². The van der Waals surface area contributed by atoms with E-state index in [1.807, 2.05) is 14.1 Å². The molecule has 1 aliphatic heterocycles. The molecule has 1 atom stereocenters. The van der Waals surface area contributed by atoms with Gasteiger partial charge in [-0.1, -0.05) is 0 Å². The smallest absolute Gasteiger partial charge is 0.163 e. The maximum Gasteiger partial charge on any atom is 0.163 e. The van der Waals surface area contributed by atoms with Crippen molar-refractivity contribution in [2.45, 2.75) is 19.5 Å². The summed E-state index contributed by atoms with van der Waals surface area (Å²) >= 11 is 0. The fourth-order valence-corrected chi connectivity index (χ4v) is 2.51. The van der Waals surface area contributed by atoms with Gasteiger partial charge in [-0.3, -0.25) is 9.58 Å². The molecule has 0 saturated carbocycles. The highest BCUT2D eigenvalue weighted by Gasteiger charge is 2.20. The van der Waals surface area contributed by atoms with Gasteiger partial charge < -0.3 is 10.1 Å². The Balaban J connectivity index is 1.92. The molecule has 0 bridgehead atoms. The molecule has 108 valence electrons. The number of hydrogen-bond acceptors (Lipinski definition) is 6. The van der Waals surface area contributed by atoms with E-state index in [-0.39, 0.29) is 0 Å². The highest BCUT2D eigenvalue weighted by molar-refractivity contribution is 5.86. The van der Waals surface area contributed by atoms with Gasteiger partial charge in [-0.15, -0.1) is 0 Å². The van der Waals surface area contributed by atoms with E-state index in [0.29, 0.717) is 6.04 Å². The van der Waals surface area contributed by atoms with E-state index in [0.717, 1.165) is 49.0 Å². The van der Waals surface area contributed by atoms with Crippen LogP contribution in [-0.4, -0.2) is 57.5 Å². The summed E-state index contributed by atoms with van der Waals surface area (Å²) in [6, 6.07) is 0.396. The molecule has 1 fully saturated rings. The molecule has 0 aliphatic carbocycles. The molecule has 2 aromatic rings. The summed E-state index contributed by atoms with van der Waals surface area (Å²) in [4.78, 5) is 11.6. The van der Waals surface area contributed by atoms with Crippen LogP contribution in [0, 0.1) is 0 Å². The summed E-state index contributed by atoms with van der Waals surface area (Å²) in [6.45, 7) is 5.37. The van der Waals surface area contributed by atoms with Crippen LogP contribution in [0.3, 0.4) is 0 Å². The lowest BCUT2D eigenvalue weighted by Gasteiger charge is -2.32. The number of anilines is 1. The van der Waals surface area contributed by atoms with Crippen LogP contribution >= 0.6 is 0 Å². The van der Waals surface area contributed by atoms with Crippen molar-refractivity contribution in [3.63, 3.8) is 0 Å². The molecule has 1 N–H and O–H groups in total. The van der Waals surface area contributed by atoms with E-state index in [2.05, 4.69) is 32.2 Å². The van der Waals surface area contributed by atoms with Gasteiger partial charge in [0.2, 0.25) is 0 Å². The van der Waals surface area contributed by atoms with E-state index in [1.54, 1.807) is 10.9 Å². The van der Waals surface area contributed by atoms with Gasteiger partial charge in [-0.25, -0.2) is 9.97 Å². The fraction of sp³-hybridized carbons (Fsp3) is 0.615. The Bertz CT molecular complexity index is 610. The van der Waals surface area contributed by atoms with Crippen molar-refractivity contribution in [3.8, 4) is 0 Å². The Kier molecular flexibility index (Phi) is 3.54. The second-order valence-corrected chi connectivity index (χ2v) is 5.14. The number of morpholine rings is 1. The number of rotatable bonds is 3. The Hall–Kier alpha value is -1.73. The maximum atomic E-state index is 5.46. The first-order chi connectivity index (χ1) is 9.69. The second-order valence-electron chi connectivity index (χ2n) is 5.14. The molecule has 0 aromatic carbocycles. The average Bonchev–Trinajstić information content (AvgIpc) is 2.82. The quantitative estimate of drug-likeness (QED) is 0.886. The molecule has 3 rings (SSSR count). The second kappa shape index (κ2) is 5.34. The lowest BCUT2D eigenvalue weighted by Crippen LogP contribution is -2.43. The van der Waals surface area contributed by atoms with Crippen molar-refractivity contribution >= 4 is 16.9 Å². The molecule has 2 aromatic heterocycles. The average molecular weight is 276 g/mol. The van der Waals surface area contributed by atoms with Crippen molar-refractivity contribution in [1.82, 2.24) is 24.6 Å². The lowest BCUT2D eigenvalue weighted by atomic mass is 10.2. The minimum atomic E-state index is 0.396. The topological polar surface area (TPSA) is 68.1 Å². The van der Waals surface area contributed by atoms with Crippen LogP contribution in [0.1, 0.15) is 12.7 Å². The highest BCUT2D eigenvalue weighted by atomic mass is 16.5. The van der Waals surface area contributed by atoms with Crippen molar-refractivity contribution in [2.75, 3.05) is 32.1 Å². The third kappa shape index (κ3) is 2.34. The maximum absolute atomic E-state index is 5.46. The molecular weight excluding hydrogens is 256 g/mol. The van der Waals surface area contributed by atoms with Crippen LogP contribution in [0.4, 0.5) is 5.82 Å². The first-order valence-corrected chi connectivity index (χ1v) is 6.87. The Morgan fingerprint density at radius 1 is 1.45 bits per heavy atom. The predicted octanol–water partition coefficient (Wildman–Crippen LogP) is 0.626. The van der Waals surface area contributed by atoms with E-state index >= 15 is 0 Å². The minimum absolute atomic E-state index is 0.396. The molecule has 7 nitrogen and oxygen atoms in total. The van der Waals surface area contributed by atoms with Gasteiger partial charge in [0.15, 0.2) is 5.65 Å². The molecule has 20 heavy (non-hydrogen) atoms. The van der Waals surface area contributed by atoms with Crippen LogP contribution < -0.4 is 5.32 Å². The first-order valence-electron chi connectivity index (χ1n) is 6.87. The summed E-state index contributed by atoms with van der Waals surface area (Å²) in [5.41, 5.74) is 0.861. The molecule has 0 radical (unpaired) electrons. The number of nitrogens with one attached hydrogen (secondary N) is 1. The largest absolute Gasteiger partial charge is 0.379 e. The van der Waals surface area contributed by atoms with Crippen LogP contribution in [0.5, 0.6) is 0 Å². The van der Waals surface area contributed by atoms with Crippen LogP contribution in [0.15, 0.2) is 6.20 Å². The molecule has 1 unspecified atom stereocenters. The summed E-state index contributed by atoms with van der Waals surface area (Å²) in [5.74, 6) is 1.65. The number of fused-ring (bicyclic) bond motifs is 1. The number of aryl methyl sites for hydroxylation is 1. The van der Waals surface area contributed by atoms with Gasteiger partial charge in [0, 0.05) is 26.7 Å². The van der Waals surface area contributed by atoms with E-state index in [1.165, 1.54) is 0 Å². The van der Waals surface area contributed by atoms with Crippen molar-refractivity contribution < 1.29 is 4.74 Å². The summed E-state index contributed by atoms with van der Waals surface area (Å²) < 4.78 is 7.24. The number of ether oxygens (including phenoxy) is 1. The number of aromatic nitrogens is 4. The van der Waals surface area contributed by atoms with Gasteiger partial charge in [0.25, 0.3) is 0 Å². The monoisotopic (exact) mass is 276 g/mol. The highest BCUT2D eigenvalue weighted by Crippen LogP contribution is 2.20. The third-order valence-electron chi connectivity index (χ3n) is 3.72. The molecule has 0 spiro atoms. The summed E-state index contributed by atoms with van der Waals surface area (Å²) in [7, 11) is 3.77. The fourth-order valence-electron chi connectivity index (χ4n) is 2.51. The van der Waals surface area contributed by atoms with E-state index in [9.17, 15) is 0 Å².